The number of aryl methyl sites for hydroxylation is 1. The first-order valence-electron chi connectivity index (χ1n) is 6.78. The van der Waals surface area contributed by atoms with Crippen LogP contribution in [0.5, 0.6) is 0 Å². The zero-order chi connectivity index (χ0) is 14.8. The van der Waals surface area contributed by atoms with E-state index in [0.29, 0.717) is 12.1 Å². The van der Waals surface area contributed by atoms with Crippen LogP contribution in [-0.4, -0.2) is 28.1 Å². The Balaban J connectivity index is 2.11. The van der Waals surface area contributed by atoms with E-state index in [1.807, 2.05) is 0 Å². The molecule has 0 unspecified atom stereocenters. The van der Waals surface area contributed by atoms with E-state index in [2.05, 4.69) is 17.0 Å². The van der Waals surface area contributed by atoms with Gasteiger partial charge in [0.05, 0.1) is 4.90 Å². The van der Waals surface area contributed by atoms with Crippen LogP contribution in [0.2, 0.25) is 0 Å². The van der Waals surface area contributed by atoms with Crippen LogP contribution >= 0.6 is 0 Å². The summed E-state index contributed by atoms with van der Waals surface area (Å²) in [6.07, 6.45) is 1.86. The summed E-state index contributed by atoms with van der Waals surface area (Å²) in [7, 11) is -3.65. The molecule has 0 atom stereocenters. The van der Waals surface area contributed by atoms with Gasteiger partial charge in [0.1, 0.15) is 5.82 Å². The van der Waals surface area contributed by atoms with Crippen molar-refractivity contribution >= 4 is 10.0 Å². The molecule has 1 aromatic carbocycles. The number of halogens is 1. The van der Waals surface area contributed by atoms with Crippen LogP contribution in [-0.2, 0) is 10.0 Å². The lowest BCUT2D eigenvalue weighted by Crippen LogP contribution is -2.42. The molecule has 2 N–H and O–H groups in total. The van der Waals surface area contributed by atoms with E-state index in [4.69, 9.17) is 0 Å². The number of nitrogens with one attached hydrogen (secondary N) is 2. The van der Waals surface area contributed by atoms with Gasteiger partial charge >= 0.3 is 0 Å². The van der Waals surface area contributed by atoms with Crippen molar-refractivity contribution in [1.82, 2.24) is 10.0 Å². The van der Waals surface area contributed by atoms with Crippen LogP contribution in [0.25, 0.3) is 0 Å². The Hall–Kier alpha value is -0.980. The van der Waals surface area contributed by atoms with Gasteiger partial charge in [-0.15, -0.1) is 0 Å². The molecule has 0 saturated carbocycles. The minimum Gasteiger partial charge on any atom is -0.317 e. The summed E-state index contributed by atoms with van der Waals surface area (Å²) in [5.41, 5.74) is 0.555. The molecule has 1 fully saturated rings. The van der Waals surface area contributed by atoms with E-state index >= 15 is 0 Å². The Labute approximate surface area is 119 Å². The minimum absolute atomic E-state index is 0.00691. The molecule has 0 radical (unpaired) electrons. The fourth-order valence-electron chi connectivity index (χ4n) is 2.42. The van der Waals surface area contributed by atoms with E-state index in [-0.39, 0.29) is 10.3 Å². The fourth-order valence-corrected chi connectivity index (χ4v) is 3.73. The Morgan fingerprint density at radius 1 is 1.30 bits per heavy atom. The summed E-state index contributed by atoms with van der Waals surface area (Å²) in [6, 6.07) is 3.85. The van der Waals surface area contributed by atoms with Crippen LogP contribution < -0.4 is 10.0 Å². The Morgan fingerprint density at radius 2 is 1.95 bits per heavy atom. The van der Waals surface area contributed by atoms with Gasteiger partial charge in [-0.1, -0.05) is 6.92 Å². The Morgan fingerprint density at radius 3 is 2.55 bits per heavy atom. The molecule has 112 valence electrons. The molecular weight excluding hydrogens is 279 g/mol. The average Bonchev–Trinajstić information content (AvgIpc) is 2.37. The van der Waals surface area contributed by atoms with E-state index < -0.39 is 15.8 Å². The smallest absolute Gasteiger partial charge is 0.240 e. The molecule has 0 bridgehead atoms. The van der Waals surface area contributed by atoms with Crippen LogP contribution in [0.1, 0.15) is 25.3 Å². The highest BCUT2D eigenvalue weighted by Gasteiger charge is 2.28. The molecule has 2 rings (SSSR count). The van der Waals surface area contributed by atoms with Crippen molar-refractivity contribution in [3.63, 3.8) is 0 Å². The largest absolute Gasteiger partial charge is 0.317 e. The lowest BCUT2D eigenvalue weighted by atomic mass is 9.81. The highest BCUT2D eigenvalue weighted by atomic mass is 32.2. The second-order valence-corrected chi connectivity index (χ2v) is 7.62. The number of sulfonamides is 1. The first-order chi connectivity index (χ1) is 9.31. The van der Waals surface area contributed by atoms with E-state index in [1.165, 1.54) is 12.1 Å². The molecule has 20 heavy (non-hydrogen) atoms. The normalized spacial score (nSPS) is 18.9. The first kappa shape index (κ1) is 15.4. The molecule has 6 heteroatoms. The molecule has 1 aliphatic heterocycles. The third kappa shape index (κ3) is 3.77. The molecule has 1 saturated heterocycles. The summed E-state index contributed by atoms with van der Waals surface area (Å²) in [6.45, 7) is 5.94. The van der Waals surface area contributed by atoms with Crippen molar-refractivity contribution < 1.29 is 12.8 Å². The quantitative estimate of drug-likeness (QED) is 0.891. The maximum absolute atomic E-state index is 13.3. The van der Waals surface area contributed by atoms with E-state index in [9.17, 15) is 12.8 Å². The molecule has 0 aromatic heterocycles. The van der Waals surface area contributed by atoms with Crippen molar-refractivity contribution in [1.29, 1.82) is 0 Å². The summed E-state index contributed by atoms with van der Waals surface area (Å²) >= 11 is 0. The molecule has 1 heterocycles. The van der Waals surface area contributed by atoms with E-state index in [0.717, 1.165) is 32.0 Å². The molecule has 1 aliphatic rings. The van der Waals surface area contributed by atoms with Crippen LogP contribution in [0.4, 0.5) is 4.39 Å². The summed E-state index contributed by atoms with van der Waals surface area (Å²) in [4.78, 5) is -0.00691. The van der Waals surface area contributed by atoms with Gasteiger partial charge in [-0.05, 0) is 62.0 Å². The average molecular weight is 300 g/mol. The molecule has 1 aromatic rings. The van der Waals surface area contributed by atoms with Crippen molar-refractivity contribution in [3.05, 3.63) is 29.6 Å². The van der Waals surface area contributed by atoms with Gasteiger partial charge in [-0.25, -0.2) is 17.5 Å². The van der Waals surface area contributed by atoms with Gasteiger partial charge in [0.15, 0.2) is 0 Å². The predicted molar refractivity (Wildman–Crippen MR) is 76.5 cm³/mol. The zero-order valence-corrected chi connectivity index (χ0v) is 12.7. The molecule has 0 amide bonds. The minimum atomic E-state index is -3.65. The number of hydrogen-bond donors (Lipinski definition) is 2. The second kappa shape index (κ2) is 5.79. The van der Waals surface area contributed by atoms with E-state index in [1.54, 1.807) is 6.92 Å². The highest BCUT2D eigenvalue weighted by molar-refractivity contribution is 7.89. The second-order valence-electron chi connectivity index (χ2n) is 5.85. The van der Waals surface area contributed by atoms with Gasteiger partial charge in [0.2, 0.25) is 10.0 Å². The van der Waals surface area contributed by atoms with Gasteiger partial charge in [-0.3, -0.25) is 0 Å². The number of benzene rings is 1. The number of piperidine rings is 1. The maximum atomic E-state index is 13.3. The van der Waals surface area contributed by atoms with Gasteiger partial charge in [-0.2, -0.15) is 0 Å². The molecule has 0 aliphatic carbocycles. The van der Waals surface area contributed by atoms with Crippen LogP contribution in [0, 0.1) is 18.2 Å². The standard InChI is InChI=1S/C14H21FN2O2S/c1-11-7-12(15)9-13(8-11)20(18,19)17-10-14(2)3-5-16-6-4-14/h7-9,16-17H,3-6,10H2,1-2H3. The monoisotopic (exact) mass is 300 g/mol. The zero-order valence-electron chi connectivity index (χ0n) is 11.9. The fraction of sp³-hybridized carbons (Fsp3) is 0.571. The third-order valence-corrected chi connectivity index (χ3v) is 5.21. The first-order valence-corrected chi connectivity index (χ1v) is 8.27. The molecular formula is C14H21FN2O2S. The van der Waals surface area contributed by atoms with Gasteiger partial charge in [0.25, 0.3) is 0 Å². The van der Waals surface area contributed by atoms with Crippen molar-refractivity contribution in [2.24, 2.45) is 5.41 Å². The van der Waals surface area contributed by atoms with Crippen molar-refractivity contribution in [2.75, 3.05) is 19.6 Å². The van der Waals surface area contributed by atoms with Crippen LogP contribution in [0.15, 0.2) is 23.1 Å². The molecule has 0 spiro atoms. The predicted octanol–water partition coefficient (Wildman–Crippen LogP) is 1.80. The van der Waals surface area contributed by atoms with Crippen LogP contribution in [0.3, 0.4) is 0 Å². The molecule has 4 nitrogen and oxygen atoms in total. The topological polar surface area (TPSA) is 58.2 Å². The van der Waals surface area contributed by atoms with Crippen molar-refractivity contribution in [2.45, 2.75) is 31.6 Å². The maximum Gasteiger partial charge on any atom is 0.240 e. The summed E-state index contributed by atoms with van der Waals surface area (Å²) in [5, 5.41) is 3.26. The SMILES string of the molecule is Cc1cc(F)cc(S(=O)(=O)NCC2(C)CCNCC2)c1. The highest BCUT2D eigenvalue weighted by Crippen LogP contribution is 2.27. The van der Waals surface area contributed by atoms with Gasteiger partial charge < -0.3 is 5.32 Å². The lowest BCUT2D eigenvalue weighted by molar-refractivity contribution is 0.232. The van der Waals surface area contributed by atoms with Crippen molar-refractivity contribution in [3.8, 4) is 0 Å². The number of rotatable bonds is 4. The summed E-state index contributed by atoms with van der Waals surface area (Å²) in [5.74, 6) is -0.529. The van der Waals surface area contributed by atoms with Gasteiger partial charge in [0, 0.05) is 6.54 Å². The summed E-state index contributed by atoms with van der Waals surface area (Å²) < 4.78 is 40.4. The third-order valence-electron chi connectivity index (χ3n) is 3.83. The number of hydrogen-bond acceptors (Lipinski definition) is 3. The lowest BCUT2D eigenvalue weighted by Gasteiger charge is -2.34. The Bertz CT molecular complexity index is 561. The Kier molecular flexibility index (Phi) is 4.46.